The summed E-state index contributed by atoms with van der Waals surface area (Å²) in [5.74, 6) is 1.39. The highest BCUT2D eigenvalue weighted by atomic mass is 35.5. The molecule has 0 spiro atoms. The van der Waals surface area contributed by atoms with Gasteiger partial charge in [-0.05, 0) is 56.6 Å². The summed E-state index contributed by atoms with van der Waals surface area (Å²) in [5, 5.41) is 20.4. The molecule has 2 aromatic heterocycles. The van der Waals surface area contributed by atoms with Crippen LogP contribution in [0.5, 0.6) is 0 Å². The Morgan fingerprint density at radius 1 is 0.939 bits per heavy atom. The van der Waals surface area contributed by atoms with Crippen molar-refractivity contribution in [2.75, 3.05) is 43.5 Å². The van der Waals surface area contributed by atoms with Crippen LogP contribution in [0, 0.1) is 5.92 Å². The van der Waals surface area contributed by atoms with Crippen molar-refractivity contribution < 1.29 is 9.84 Å². The van der Waals surface area contributed by atoms with Crippen molar-refractivity contribution in [3.8, 4) is 11.1 Å². The molecular formula is C24H33Cl2N5O2. The van der Waals surface area contributed by atoms with Crippen LogP contribution in [-0.2, 0) is 4.74 Å². The molecule has 0 amide bonds. The van der Waals surface area contributed by atoms with Crippen molar-refractivity contribution in [3.63, 3.8) is 0 Å². The van der Waals surface area contributed by atoms with Crippen LogP contribution in [0.15, 0.2) is 24.5 Å². The van der Waals surface area contributed by atoms with Gasteiger partial charge in [-0.2, -0.15) is 0 Å². The maximum absolute atomic E-state index is 9.00. The minimum Gasteiger partial charge on any atom is -0.395 e. The van der Waals surface area contributed by atoms with Crippen molar-refractivity contribution in [3.05, 3.63) is 34.7 Å². The number of rotatable bonds is 9. The van der Waals surface area contributed by atoms with Crippen LogP contribution in [-0.4, -0.2) is 60.1 Å². The Morgan fingerprint density at radius 2 is 1.70 bits per heavy atom. The highest BCUT2D eigenvalue weighted by Gasteiger charge is 2.21. The molecule has 2 aliphatic rings. The third-order valence-electron chi connectivity index (χ3n) is 6.54. The molecule has 1 saturated carbocycles. The molecule has 0 unspecified atom stereocenters. The van der Waals surface area contributed by atoms with Gasteiger partial charge < -0.3 is 25.8 Å². The lowest BCUT2D eigenvalue weighted by Crippen LogP contribution is -2.38. The van der Waals surface area contributed by atoms with Gasteiger partial charge in [-0.15, -0.1) is 0 Å². The first-order valence-corrected chi connectivity index (χ1v) is 12.6. The Bertz CT molecular complexity index is 902. The molecule has 2 fully saturated rings. The van der Waals surface area contributed by atoms with Gasteiger partial charge in [0, 0.05) is 55.7 Å². The van der Waals surface area contributed by atoms with E-state index in [4.69, 9.17) is 33.0 Å². The van der Waals surface area contributed by atoms with E-state index in [1.165, 1.54) is 0 Å². The predicted molar refractivity (Wildman–Crippen MR) is 134 cm³/mol. The zero-order chi connectivity index (χ0) is 23.0. The zero-order valence-corrected chi connectivity index (χ0v) is 20.3. The fraction of sp³-hybridized carbons (Fsp3) is 0.583. The van der Waals surface area contributed by atoms with E-state index in [0.29, 0.717) is 34.7 Å². The van der Waals surface area contributed by atoms with Crippen LogP contribution >= 0.6 is 23.2 Å². The monoisotopic (exact) mass is 493 g/mol. The summed E-state index contributed by atoms with van der Waals surface area (Å²) < 4.78 is 5.45. The molecule has 0 aromatic carbocycles. The van der Waals surface area contributed by atoms with Gasteiger partial charge >= 0.3 is 0 Å². The lowest BCUT2D eigenvalue weighted by atomic mass is 9.91. The summed E-state index contributed by atoms with van der Waals surface area (Å²) >= 11 is 13.0. The second-order valence-corrected chi connectivity index (χ2v) is 9.68. The van der Waals surface area contributed by atoms with Crippen molar-refractivity contribution in [1.29, 1.82) is 0 Å². The number of ether oxygens (including phenoxy) is 1. The lowest BCUT2D eigenvalue weighted by molar-refractivity contribution is 0.0699. The van der Waals surface area contributed by atoms with E-state index in [2.05, 4.69) is 25.9 Å². The molecule has 4 rings (SSSR count). The van der Waals surface area contributed by atoms with Crippen molar-refractivity contribution in [1.82, 2.24) is 15.3 Å². The summed E-state index contributed by atoms with van der Waals surface area (Å²) in [7, 11) is 0. The van der Waals surface area contributed by atoms with Gasteiger partial charge in [0.25, 0.3) is 0 Å². The van der Waals surface area contributed by atoms with Crippen LogP contribution in [0.2, 0.25) is 10.2 Å². The normalized spacial score (nSPS) is 21.7. The number of anilines is 2. The van der Waals surface area contributed by atoms with E-state index in [0.717, 1.165) is 80.9 Å². The number of hydrogen-bond donors (Lipinski definition) is 4. The Morgan fingerprint density at radius 3 is 2.45 bits per heavy atom. The van der Waals surface area contributed by atoms with Crippen LogP contribution in [0.1, 0.15) is 38.5 Å². The van der Waals surface area contributed by atoms with Crippen LogP contribution in [0.25, 0.3) is 11.1 Å². The molecule has 0 radical (unpaired) electrons. The summed E-state index contributed by atoms with van der Waals surface area (Å²) in [4.78, 5) is 8.89. The number of halogens is 2. The average molecular weight is 494 g/mol. The van der Waals surface area contributed by atoms with Crippen LogP contribution in [0.3, 0.4) is 0 Å². The first-order valence-electron chi connectivity index (χ1n) is 11.9. The zero-order valence-electron chi connectivity index (χ0n) is 18.8. The van der Waals surface area contributed by atoms with E-state index < -0.39 is 0 Å². The number of pyridine rings is 2. The average Bonchev–Trinajstić information content (AvgIpc) is 2.85. The number of aromatic nitrogens is 2. The van der Waals surface area contributed by atoms with Crippen LogP contribution in [0.4, 0.5) is 11.5 Å². The minimum absolute atomic E-state index is 0.180. The molecule has 33 heavy (non-hydrogen) atoms. The van der Waals surface area contributed by atoms with Gasteiger partial charge in [-0.3, -0.25) is 0 Å². The molecular weight excluding hydrogens is 461 g/mol. The van der Waals surface area contributed by atoms with Gasteiger partial charge in [-0.25, -0.2) is 9.97 Å². The molecule has 9 heteroatoms. The number of hydrogen-bond acceptors (Lipinski definition) is 7. The molecule has 1 aliphatic carbocycles. The molecule has 1 aliphatic heterocycles. The summed E-state index contributed by atoms with van der Waals surface area (Å²) in [5.41, 5.74) is 2.54. The Balaban J connectivity index is 1.41. The van der Waals surface area contributed by atoms with Gasteiger partial charge in [0.15, 0.2) is 0 Å². The number of nitrogens with zero attached hydrogens (tertiary/aromatic N) is 2. The predicted octanol–water partition coefficient (Wildman–Crippen LogP) is 4.59. The van der Waals surface area contributed by atoms with Gasteiger partial charge in [0.2, 0.25) is 0 Å². The lowest BCUT2D eigenvalue weighted by Gasteiger charge is -2.30. The van der Waals surface area contributed by atoms with E-state index >= 15 is 0 Å². The highest BCUT2D eigenvalue weighted by molar-refractivity contribution is 6.36. The van der Waals surface area contributed by atoms with E-state index in [1.54, 1.807) is 12.4 Å². The maximum Gasteiger partial charge on any atom is 0.137 e. The second kappa shape index (κ2) is 12.2. The molecule has 2 aromatic rings. The quantitative estimate of drug-likeness (QED) is 0.379. The summed E-state index contributed by atoms with van der Waals surface area (Å²) in [6.45, 7) is 3.39. The molecule has 1 saturated heterocycles. The van der Waals surface area contributed by atoms with Crippen molar-refractivity contribution in [2.45, 2.75) is 50.6 Å². The standard InChI is InChI=1S/C24H33Cl2N5O2/c25-22-15-29-23(31-18-3-1-17(2-4-18)27-7-8-32)12-20(22)21-11-19(14-30-24(21)26)28-13-16-5-9-33-10-6-16/h11-12,14-18,27-28,32H,1-10,13H2,(H,29,31). The third kappa shape index (κ3) is 6.93. The van der Waals surface area contributed by atoms with Crippen LogP contribution < -0.4 is 16.0 Å². The second-order valence-electron chi connectivity index (χ2n) is 8.92. The topological polar surface area (TPSA) is 91.3 Å². The summed E-state index contributed by atoms with van der Waals surface area (Å²) in [6.07, 6.45) is 9.85. The minimum atomic E-state index is 0.180. The number of nitrogens with one attached hydrogen (secondary N) is 3. The molecule has 180 valence electrons. The van der Waals surface area contributed by atoms with Gasteiger partial charge in [0.05, 0.1) is 23.5 Å². The third-order valence-corrected chi connectivity index (χ3v) is 7.15. The van der Waals surface area contributed by atoms with E-state index in [-0.39, 0.29) is 6.61 Å². The first-order chi connectivity index (χ1) is 16.1. The maximum atomic E-state index is 9.00. The molecule has 3 heterocycles. The molecule has 0 bridgehead atoms. The molecule has 4 N–H and O–H groups in total. The molecule has 0 atom stereocenters. The molecule has 7 nitrogen and oxygen atoms in total. The van der Waals surface area contributed by atoms with E-state index in [1.807, 2.05) is 12.1 Å². The van der Waals surface area contributed by atoms with E-state index in [9.17, 15) is 0 Å². The fourth-order valence-corrected chi connectivity index (χ4v) is 5.00. The Kier molecular flexibility index (Phi) is 9.03. The number of aliphatic hydroxyl groups excluding tert-OH is 1. The largest absolute Gasteiger partial charge is 0.395 e. The summed E-state index contributed by atoms with van der Waals surface area (Å²) in [6, 6.07) is 4.81. The first kappa shape index (κ1) is 24.5. The number of aliphatic hydroxyl groups is 1. The van der Waals surface area contributed by atoms with Crippen molar-refractivity contribution in [2.24, 2.45) is 5.92 Å². The fourth-order valence-electron chi connectivity index (χ4n) is 4.59. The van der Waals surface area contributed by atoms with Crippen molar-refractivity contribution >= 4 is 34.7 Å². The SMILES string of the molecule is OCCNC1CCC(Nc2cc(-c3cc(NCC4CCOCC4)cnc3Cl)c(Cl)cn2)CC1. The van der Waals surface area contributed by atoms with Gasteiger partial charge in [0.1, 0.15) is 11.0 Å². The smallest absolute Gasteiger partial charge is 0.137 e. The Hall–Kier alpha value is -1.64. The Labute approximate surface area is 205 Å². The van der Waals surface area contributed by atoms with Gasteiger partial charge in [-0.1, -0.05) is 23.2 Å². The highest BCUT2D eigenvalue weighted by Crippen LogP contribution is 2.35.